The number of carbonyl (C=O) groups excluding carboxylic acids is 3. The maximum Gasteiger partial charge on any atom is 0.243 e. The zero-order chi connectivity index (χ0) is 27.3. The molecule has 3 atom stereocenters. The lowest BCUT2D eigenvalue weighted by molar-refractivity contribution is -0.133. The molecule has 4 N–H and O–H groups in total. The first-order valence-corrected chi connectivity index (χ1v) is 13.8. The van der Waals surface area contributed by atoms with Crippen molar-refractivity contribution >= 4 is 17.7 Å². The molecule has 1 aliphatic rings. The molecule has 8 nitrogen and oxygen atoms in total. The van der Waals surface area contributed by atoms with Gasteiger partial charge in [0.15, 0.2) is 0 Å². The summed E-state index contributed by atoms with van der Waals surface area (Å²) in [4.78, 5) is 39.7. The minimum Gasteiger partial charge on any atom is -0.492 e. The van der Waals surface area contributed by atoms with E-state index in [0.717, 1.165) is 36.1 Å². The Hall–Kier alpha value is -3.39. The third kappa shape index (κ3) is 8.87. The number of fused-ring (bicyclic) bond motifs is 1. The Morgan fingerprint density at radius 2 is 1.61 bits per heavy atom. The molecule has 0 fully saturated rings. The van der Waals surface area contributed by atoms with E-state index < -0.39 is 18.1 Å². The molecule has 0 unspecified atom stereocenters. The van der Waals surface area contributed by atoms with Crippen LogP contribution in [-0.2, 0) is 27.2 Å². The molecule has 1 heterocycles. The summed E-state index contributed by atoms with van der Waals surface area (Å²) in [5.74, 6) is -0.170. The summed E-state index contributed by atoms with van der Waals surface area (Å²) < 4.78 is 6.07. The maximum atomic E-state index is 13.5. The van der Waals surface area contributed by atoms with Crippen LogP contribution in [0.4, 0.5) is 0 Å². The quantitative estimate of drug-likeness (QED) is 0.483. The number of hydrogen-bond donors (Lipinski definition) is 4. The van der Waals surface area contributed by atoms with Crippen molar-refractivity contribution < 1.29 is 19.1 Å². The third-order valence-electron chi connectivity index (χ3n) is 6.70. The Labute approximate surface area is 226 Å². The molecule has 38 heavy (non-hydrogen) atoms. The number of amides is 3. The maximum absolute atomic E-state index is 13.5. The van der Waals surface area contributed by atoms with Gasteiger partial charge in [0.2, 0.25) is 17.7 Å². The van der Waals surface area contributed by atoms with Crippen molar-refractivity contribution in [2.75, 3.05) is 19.7 Å². The van der Waals surface area contributed by atoms with Crippen LogP contribution in [0.25, 0.3) is 0 Å². The fourth-order valence-electron chi connectivity index (χ4n) is 4.57. The van der Waals surface area contributed by atoms with Gasteiger partial charge in [-0.05, 0) is 48.8 Å². The summed E-state index contributed by atoms with van der Waals surface area (Å²) in [7, 11) is 0. The Balaban J connectivity index is 1.84. The predicted molar refractivity (Wildman–Crippen MR) is 149 cm³/mol. The van der Waals surface area contributed by atoms with E-state index in [1.54, 1.807) is 0 Å². The van der Waals surface area contributed by atoms with Crippen LogP contribution in [0.1, 0.15) is 51.2 Å². The van der Waals surface area contributed by atoms with E-state index in [1.807, 2.05) is 75.4 Å². The van der Waals surface area contributed by atoms with Crippen molar-refractivity contribution in [3.8, 4) is 5.75 Å². The number of hydrogen-bond acceptors (Lipinski definition) is 5. The number of nitrogens with one attached hydrogen (secondary N) is 4. The van der Waals surface area contributed by atoms with E-state index in [4.69, 9.17) is 4.74 Å². The van der Waals surface area contributed by atoms with E-state index >= 15 is 0 Å². The van der Waals surface area contributed by atoms with Crippen LogP contribution >= 0.6 is 0 Å². The second kappa shape index (κ2) is 15.1. The molecule has 0 radical (unpaired) electrons. The lowest BCUT2D eigenvalue weighted by atomic mass is 10.00. The first-order valence-electron chi connectivity index (χ1n) is 13.8. The standard InChI is InChI=1S/C30H42N4O4/c1-4-11-24-28(35)32-17-10-15-23-14-8-9-16-26(23)38-19-18-31-25(20-22-12-6-5-7-13-22)29(36)34-27(21(2)3)30(37)33-24/h5-9,12-14,16,21,24-25,27,31H,4,10-11,15,17-20H2,1-3H3,(H,32,35)(H,33,37)(H,34,36)/t24-,25+,27+/m0/s1. The first-order chi connectivity index (χ1) is 18.4. The van der Waals surface area contributed by atoms with Crippen LogP contribution in [-0.4, -0.2) is 55.5 Å². The summed E-state index contributed by atoms with van der Waals surface area (Å²) in [5.41, 5.74) is 2.08. The Bertz CT molecular complexity index is 1040. The van der Waals surface area contributed by atoms with Gasteiger partial charge in [-0.3, -0.25) is 14.4 Å². The zero-order valence-corrected chi connectivity index (χ0v) is 22.8. The van der Waals surface area contributed by atoms with Crippen molar-refractivity contribution in [3.63, 3.8) is 0 Å². The number of rotatable bonds is 5. The van der Waals surface area contributed by atoms with E-state index in [9.17, 15) is 14.4 Å². The summed E-state index contributed by atoms with van der Waals surface area (Å²) >= 11 is 0. The van der Waals surface area contributed by atoms with Crippen LogP contribution in [0.2, 0.25) is 0 Å². The number of carbonyl (C=O) groups is 3. The Kier molecular flexibility index (Phi) is 11.6. The second-order valence-corrected chi connectivity index (χ2v) is 10.1. The highest BCUT2D eigenvalue weighted by Crippen LogP contribution is 2.19. The van der Waals surface area contributed by atoms with Gasteiger partial charge in [0.1, 0.15) is 24.4 Å². The lowest BCUT2D eigenvalue weighted by Crippen LogP contribution is -2.58. The molecule has 3 rings (SSSR count). The fourth-order valence-corrected chi connectivity index (χ4v) is 4.57. The van der Waals surface area contributed by atoms with Crippen molar-refractivity contribution in [3.05, 3.63) is 65.7 Å². The normalized spacial score (nSPS) is 22.2. The molecule has 0 spiro atoms. The minimum atomic E-state index is -0.767. The molecule has 8 heteroatoms. The molecule has 0 saturated carbocycles. The molecule has 0 aromatic heterocycles. The van der Waals surface area contributed by atoms with Gasteiger partial charge in [0.25, 0.3) is 0 Å². The summed E-state index contributed by atoms with van der Waals surface area (Å²) in [6, 6.07) is 15.7. The van der Waals surface area contributed by atoms with Gasteiger partial charge < -0.3 is 26.0 Å². The van der Waals surface area contributed by atoms with Gasteiger partial charge in [-0.25, -0.2) is 0 Å². The molecule has 3 amide bonds. The first kappa shape index (κ1) is 29.2. The summed E-state index contributed by atoms with van der Waals surface area (Å²) in [5, 5.41) is 12.1. The monoisotopic (exact) mass is 522 g/mol. The van der Waals surface area contributed by atoms with Crippen LogP contribution in [0.5, 0.6) is 5.75 Å². The Morgan fingerprint density at radius 3 is 2.34 bits per heavy atom. The average molecular weight is 523 g/mol. The van der Waals surface area contributed by atoms with Gasteiger partial charge in [0.05, 0.1) is 6.04 Å². The predicted octanol–water partition coefficient (Wildman–Crippen LogP) is 2.75. The highest BCUT2D eigenvalue weighted by Gasteiger charge is 2.30. The molecule has 0 bridgehead atoms. The molecule has 1 aliphatic heterocycles. The lowest BCUT2D eigenvalue weighted by Gasteiger charge is -2.27. The summed E-state index contributed by atoms with van der Waals surface area (Å²) in [6.45, 7) is 7.10. The highest BCUT2D eigenvalue weighted by atomic mass is 16.5. The number of para-hydroxylation sites is 1. The zero-order valence-electron chi connectivity index (χ0n) is 22.8. The molecule has 2 aromatic carbocycles. The van der Waals surface area contributed by atoms with E-state index in [2.05, 4.69) is 21.3 Å². The third-order valence-corrected chi connectivity index (χ3v) is 6.70. The smallest absolute Gasteiger partial charge is 0.243 e. The molecular formula is C30H42N4O4. The fraction of sp³-hybridized carbons (Fsp3) is 0.500. The van der Waals surface area contributed by atoms with Crippen molar-refractivity contribution in [1.82, 2.24) is 21.3 Å². The van der Waals surface area contributed by atoms with Gasteiger partial charge in [-0.2, -0.15) is 0 Å². The SMILES string of the molecule is CCC[C@@H]1NC(=O)[C@@H](C(C)C)NC(=O)[C@@H](Cc2ccccc2)NCCOc2ccccc2CCCNC1=O. The van der Waals surface area contributed by atoms with Gasteiger partial charge in [-0.1, -0.05) is 75.7 Å². The van der Waals surface area contributed by atoms with Crippen LogP contribution in [0.3, 0.4) is 0 Å². The van der Waals surface area contributed by atoms with Crippen LogP contribution in [0.15, 0.2) is 54.6 Å². The topological polar surface area (TPSA) is 109 Å². The van der Waals surface area contributed by atoms with Gasteiger partial charge in [0, 0.05) is 13.1 Å². The molecule has 0 aliphatic carbocycles. The molecular weight excluding hydrogens is 480 g/mol. The molecule has 0 saturated heterocycles. The van der Waals surface area contributed by atoms with Gasteiger partial charge >= 0.3 is 0 Å². The van der Waals surface area contributed by atoms with Crippen LogP contribution < -0.4 is 26.0 Å². The van der Waals surface area contributed by atoms with Crippen molar-refractivity contribution in [2.24, 2.45) is 5.92 Å². The van der Waals surface area contributed by atoms with Gasteiger partial charge in [-0.15, -0.1) is 0 Å². The van der Waals surface area contributed by atoms with Crippen molar-refractivity contribution in [2.45, 2.75) is 71.0 Å². The number of benzene rings is 2. The van der Waals surface area contributed by atoms with E-state index in [1.165, 1.54) is 0 Å². The second-order valence-electron chi connectivity index (χ2n) is 10.1. The average Bonchev–Trinajstić information content (AvgIpc) is 2.91. The largest absolute Gasteiger partial charge is 0.492 e. The van der Waals surface area contributed by atoms with Crippen LogP contribution in [0, 0.1) is 5.92 Å². The number of ether oxygens (including phenoxy) is 1. The molecule has 206 valence electrons. The van der Waals surface area contributed by atoms with E-state index in [-0.39, 0.29) is 23.6 Å². The minimum absolute atomic E-state index is 0.160. The highest BCUT2D eigenvalue weighted by molar-refractivity contribution is 5.93. The van der Waals surface area contributed by atoms with E-state index in [0.29, 0.717) is 32.5 Å². The van der Waals surface area contributed by atoms with Crippen molar-refractivity contribution in [1.29, 1.82) is 0 Å². The summed E-state index contributed by atoms with van der Waals surface area (Å²) in [6.07, 6.45) is 3.23. The number of aryl methyl sites for hydroxylation is 1. The Morgan fingerprint density at radius 1 is 0.868 bits per heavy atom. The molecule has 2 aromatic rings.